The number of ether oxygens (including phenoxy) is 1. The Morgan fingerprint density at radius 3 is 3.09 bits per heavy atom. The molecular weight excluding hydrogens is 323 g/mol. The molecule has 0 aromatic heterocycles. The largest absolute Gasteiger partial charge is 0.489 e. The summed E-state index contributed by atoms with van der Waals surface area (Å²) in [6.45, 7) is 2.66. The van der Waals surface area contributed by atoms with Gasteiger partial charge in [-0.2, -0.15) is 0 Å². The Balaban J connectivity index is 0.00000156. The summed E-state index contributed by atoms with van der Waals surface area (Å²) in [5.41, 5.74) is 7.02. The second-order valence-electron chi connectivity index (χ2n) is 5.98. The molecule has 3 heterocycles. The van der Waals surface area contributed by atoms with Gasteiger partial charge >= 0.3 is 0 Å². The maximum Gasteiger partial charge on any atom is 0.246 e. The zero-order chi connectivity index (χ0) is 15.1. The summed E-state index contributed by atoms with van der Waals surface area (Å²) in [5.74, 6) is 0.321. The van der Waals surface area contributed by atoms with Crippen LogP contribution in [0.3, 0.4) is 0 Å². The number of benzene rings is 1. The summed E-state index contributed by atoms with van der Waals surface area (Å²) in [6.07, 6.45) is 1.01. The number of carbonyl (C=O) groups is 1. The number of hydrazine groups is 1. The van der Waals surface area contributed by atoms with Crippen LogP contribution in [0.2, 0.25) is 0 Å². The van der Waals surface area contributed by atoms with Gasteiger partial charge in [-0.25, -0.2) is 9.82 Å². The Morgan fingerprint density at radius 1 is 1.35 bits per heavy atom. The molecule has 1 aromatic carbocycles. The zero-order valence-electron chi connectivity index (χ0n) is 12.5. The standard InChI is InChI=1S/C15H19FN4O2.ClH/c16-9-1-2-12-13(7-9)22-6-5-20(12)15(21)14-10-8-17-4-3-11(10)18-19-14;/h1-2,7,10-11,14,17-19H,3-6,8H2;1H. The van der Waals surface area contributed by atoms with E-state index in [4.69, 9.17) is 4.74 Å². The number of halogens is 2. The number of amides is 1. The van der Waals surface area contributed by atoms with Gasteiger partial charge in [0.2, 0.25) is 5.91 Å². The molecule has 4 rings (SSSR count). The van der Waals surface area contributed by atoms with E-state index in [9.17, 15) is 9.18 Å². The number of hydrogen-bond acceptors (Lipinski definition) is 5. The lowest BCUT2D eigenvalue weighted by Gasteiger charge is -2.34. The van der Waals surface area contributed by atoms with Crippen LogP contribution in [0.4, 0.5) is 10.1 Å². The van der Waals surface area contributed by atoms with Crippen molar-refractivity contribution in [2.24, 2.45) is 5.92 Å². The van der Waals surface area contributed by atoms with Crippen molar-refractivity contribution in [2.45, 2.75) is 18.5 Å². The van der Waals surface area contributed by atoms with Gasteiger partial charge in [0.15, 0.2) is 0 Å². The van der Waals surface area contributed by atoms with Gasteiger partial charge in [0.25, 0.3) is 0 Å². The highest BCUT2D eigenvalue weighted by Crippen LogP contribution is 2.33. The Labute approximate surface area is 140 Å². The fraction of sp³-hybridized carbons (Fsp3) is 0.533. The molecule has 3 aliphatic heterocycles. The monoisotopic (exact) mass is 342 g/mol. The predicted octanol–water partition coefficient (Wildman–Crippen LogP) is 0.427. The molecule has 0 radical (unpaired) electrons. The smallest absolute Gasteiger partial charge is 0.246 e. The summed E-state index contributed by atoms with van der Waals surface area (Å²) in [6, 6.07) is 4.36. The molecule has 2 saturated heterocycles. The first-order chi connectivity index (χ1) is 10.7. The SMILES string of the molecule is Cl.O=C(C1NNC2CCNCC21)N1CCOc2cc(F)ccc21. The number of rotatable bonds is 1. The highest BCUT2D eigenvalue weighted by atomic mass is 35.5. The van der Waals surface area contributed by atoms with Crippen molar-refractivity contribution < 1.29 is 13.9 Å². The van der Waals surface area contributed by atoms with Gasteiger partial charge in [-0.1, -0.05) is 0 Å². The van der Waals surface area contributed by atoms with E-state index in [0.717, 1.165) is 19.5 Å². The van der Waals surface area contributed by atoms with Crippen molar-refractivity contribution in [3.05, 3.63) is 24.0 Å². The number of fused-ring (bicyclic) bond motifs is 2. The lowest BCUT2D eigenvalue weighted by molar-refractivity contribution is -0.121. The van der Waals surface area contributed by atoms with Crippen LogP contribution in [0.15, 0.2) is 18.2 Å². The summed E-state index contributed by atoms with van der Waals surface area (Å²) in [4.78, 5) is 14.7. The van der Waals surface area contributed by atoms with E-state index in [2.05, 4.69) is 16.2 Å². The molecular formula is C15H20ClFN4O2. The molecule has 1 aromatic rings. The lowest BCUT2D eigenvalue weighted by atomic mass is 9.88. The minimum Gasteiger partial charge on any atom is -0.489 e. The maximum atomic E-state index is 13.3. The van der Waals surface area contributed by atoms with Crippen molar-refractivity contribution in [3.8, 4) is 5.75 Å². The topological polar surface area (TPSA) is 65.6 Å². The fourth-order valence-corrected chi connectivity index (χ4v) is 3.55. The van der Waals surface area contributed by atoms with Gasteiger partial charge < -0.3 is 15.0 Å². The molecule has 0 saturated carbocycles. The second kappa shape index (κ2) is 6.60. The van der Waals surface area contributed by atoms with Gasteiger partial charge in [-0.3, -0.25) is 10.2 Å². The first-order valence-electron chi connectivity index (χ1n) is 7.69. The molecule has 3 aliphatic rings. The van der Waals surface area contributed by atoms with Crippen molar-refractivity contribution >= 4 is 24.0 Å². The van der Waals surface area contributed by atoms with Crippen LogP contribution in [0.25, 0.3) is 0 Å². The molecule has 1 amide bonds. The molecule has 6 nitrogen and oxygen atoms in total. The molecule has 2 fully saturated rings. The number of piperidine rings is 1. The summed E-state index contributed by atoms with van der Waals surface area (Å²) >= 11 is 0. The van der Waals surface area contributed by atoms with Crippen molar-refractivity contribution in [1.29, 1.82) is 0 Å². The lowest BCUT2D eigenvalue weighted by Crippen LogP contribution is -2.52. The minimum absolute atomic E-state index is 0. The third-order valence-corrected chi connectivity index (χ3v) is 4.70. The van der Waals surface area contributed by atoms with E-state index in [-0.39, 0.29) is 36.1 Å². The van der Waals surface area contributed by atoms with E-state index in [1.165, 1.54) is 12.1 Å². The Hall–Kier alpha value is -1.41. The van der Waals surface area contributed by atoms with Gasteiger partial charge in [0, 0.05) is 24.6 Å². The molecule has 3 N–H and O–H groups in total. The molecule has 3 atom stereocenters. The number of nitrogens with zero attached hydrogens (tertiary/aromatic N) is 1. The molecule has 3 unspecified atom stereocenters. The van der Waals surface area contributed by atoms with Crippen LogP contribution in [-0.2, 0) is 4.79 Å². The van der Waals surface area contributed by atoms with Crippen molar-refractivity contribution in [1.82, 2.24) is 16.2 Å². The van der Waals surface area contributed by atoms with Gasteiger partial charge in [0.1, 0.15) is 24.2 Å². The Kier molecular flexibility index (Phi) is 4.72. The summed E-state index contributed by atoms with van der Waals surface area (Å²) < 4.78 is 18.8. The van der Waals surface area contributed by atoms with Crippen LogP contribution >= 0.6 is 12.4 Å². The molecule has 23 heavy (non-hydrogen) atoms. The van der Waals surface area contributed by atoms with Crippen molar-refractivity contribution in [3.63, 3.8) is 0 Å². The number of nitrogens with one attached hydrogen (secondary N) is 3. The van der Waals surface area contributed by atoms with Crippen LogP contribution < -0.4 is 25.8 Å². The normalized spacial score (nSPS) is 29.1. The second-order valence-corrected chi connectivity index (χ2v) is 5.98. The van der Waals surface area contributed by atoms with E-state index in [0.29, 0.717) is 30.6 Å². The highest BCUT2D eigenvalue weighted by Gasteiger charge is 2.43. The maximum absolute atomic E-state index is 13.3. The number of hydrogen-bond donors (Lipinski definition) is 3. The van der Waals surface area contributed by atoms with E-state index in [1.54, 1.807) is 11.0 Å². The predicted molar refractivity (Wildman–Crippen MR) is 86.3 cm³/mol. The average Bonchev–Trinajstić information content (AvgIpc) is 2.97. The number of carbonyl (C=O) groups excluding carboxylic acids is 1. The number of anilines is 1. The quantitative estimate of drug-likeness (QED) is 0.690. The fourth-order valence-electron chi connectivity index (χ4n) is 3.55. The van der Waals surface area contributed by atoms with Crippen LogP contribution in [0.1, 0.15) is 6.42 Å². The summed E-state index contributed by atoms with van der Waals surface area (Å²) in [5, 5.41) is 3.35. The molecule has 0 bridgehead atoms. The third-order valence-electron chi connectivity index (χ3n) is 4.70. The van der Waals surface area contributed by atoms with E-state index >= 15 is 0 Å². The Bertz CT molecular complexity index is 603. The minimum atomic E-state index is -0.356. The summed E-state index contributed by atoms with van der Waals surface area (Å²) in [7, 11) is 0. The third kappa shape index (κ3) is 2.89. The van der Waals surface area contributed by atoms with Crippen LogP contribution in [0, 0.1) is 11.7 Å². The van der Waals surface area contributed by atoms with Crippen LogP contribution in [0.5, 0.6) is 5.75 Å². The van der Waals surface area contributed by atoms with Crippen molar-refractivity contribution in [2.75, 3.05) is 31.1 Å². The molecule has 0 spiro atoms. The molecule has 126 valence electrons. The van der Waals surface area contributed by atoms with E-state index in [1.807, 2.05) is 0 Å². The Morgan fingerprint density at radius 2 is 2.22 bits per heavy atom. The molecule has 0 aliphatic carbocycles. The first kappa shape index (κ1) is 16.4. The van der Waals surface area contributed by atoms with Crippen LogP contribution in [-0.4, -0.2) is 44.2 Å². The zero-order valence-corrected chi connectivity index (χ0v) is 13.4. The molecule has 8 heteroatoms. The first-order valence-corrected chi connectivity index (χ1v) is 7.69. The highest BCUT2D eigenvalue weighted by molar-refractivity contribution is 5.99. The van der Waals surface area contributed by atoms with Gasteiger partial charge in [-0.05, 0) is 25.1 Å². The van der Waals surface area contributed by atoms with E-state index < -0.39 is 0 Å². The average molecular weight is 343 g/mol. The van der Waals surface area contributed by atoms with Gasteiger partial charge in [-0.15, -0.1) is 12.4 Å². The van der Waals surface area contributed by atoms with Gasteiger partial charge in [0.05, 0.1) is 12.2 Å².